The molecular weight excluding hydrogens is 627 g/mol. The van der Waals surface area contributed by atoms with E-state index in [-0.39, 0.29) is 12.6 Å². The van der Waals surface area contributed by atoms with E-state index in [0.29, 0.717) is 0 Å². The van der Waals surface area contributed by atoms with E-state index in [4.69, 9.17) is 4.74 Å². The van der Waals surface area contributed by atoms with E-state index in [1.54, 1.807) is 0 Å². The smallest absolute Gasteiger partial charge is 0.253 e. The van der Waals surface area contributed by atoms with Crippen LogP contribution >= 0.6 is 11.8 Å². The third kappa shape index (κ3) is 4.14. The Morgan fingerprint density at radius 2 is 1.08 bits per heavy atom. The van der Waals surface area contributed by atoms with Crippen molar-refractivity contribution in [2.75, 3.05) is 0 Å². The lowest BCUT2D eigenvalue weighted by Crippen LogP contribution is -2.77. The van der Waals surface area contributed by atoms with Crippen LogP contribution in [0.3, 0.4) is 0 Å². The summed E-state index contributed by atoms with van der Waals surface area (Å²) in [6, 6.07) is 59.5. The van der Waals surface area contributed by atoms with Crippen LogP contribution in [0, 0.1) is 13.8 Å². The Hall–Kier alpha value is -5.03. The van der Waals surface area contributed by atoms with Gasteiger partial charge in [0.2, 0.25) is 0 Å². The summed E-state index contributed by atoms with van der Waals surface area (Å²) in [6.07, 6.45) is 0. The summed E-state index contributed by atoms with van der Waals surface area (Å²) in [4.78, 5) is 2.67. The van der Waals surface area contributed by atoms with Crippen molar-refractivity contribution in [2.45, 2.75) is 29.6 Å². The van der Waals surface area contributed by atoms with Crippen molar-refractivity contribution < 1.29 is 4.74 Å². The Kier molecular flexibility index (Phi) is 6.49. The molecule has 0 amide bonds. The van der Waals surface area contributed by atoms with Gasteiger partial charge in [0.1, 0.15) is 11.5 Å². The van der Waals surface area contributed by atoms with Crippen molar-refractivity contribution in [3.63, 3.8) is 0 Å². The van der Waals surface area contributed by atoms with Crippen molar-refractivity contribution in [2.24, 2.45) is 0 Å². The highest BCUT2D eigenvalue weighted by molar-refractivity contribution is 8.00. The molecule has 7 aromatic carbocycles. The second-order valence-electron chi connectivity index (χ2n) is 13.7. The molecule has 0 unspecified atom stereocenters. The maximum absolute atomic E-state index is 6.69. The zero-order chi connectivity index (χ0) is 32.7. The zero-order valence-corrected chi connectivity index (χ0v) is 29.3. The summed E-state index contributed by atoms with van der Waals surface area (Å²) in [6.45, 7) is 4.64. The number of fused-ring (bicyclic) bond motifs is 6. The molecule has 0 spiro atoms. The van der Waals surface area contributed by atoms with Crippen LogP contribution in [0.5, 0.6) is 11.5 Å². The fourth-order valence-corrected chi connectivity index (χ4v) is 15.7. The first-order chi connectivity index (χ1) is 24.1. The van der Waals surface area contributed by atoms with Gasteiger partial charge in [-0.3, -0.25) is 0 Å². The Morgan fingerprint density at radius 3 is 1.73 bits per heavy atom. The highest BCUT2D eigenvalue weighted by atomic mass is 32.2. The van der Waals surface area contributed by atoms with Crippen molar-refractivity contribution in [1.29, 1.82) is 0 Å². The highest BCUT2D eigenvalue weighted by Crippen LogP contribution is 2.45. The highest BCUT2D eigenvalue weighted by Gasteiger charge is 2.50. The Bertz CT molecular complexity index is 2330. The Morgan fingerprint density at radius 1 is 0.531 bits per heavy atom. The minimum absolute atomic E-state index is 0.0788. The van der Waals surface area contributed by atoms with Gasteiger partial charge in [0.25, 0.3) is 6.71 Å². The molecule has 0 aliphatic carbocycles. The molecule has 3 aliphatic rings. The lowest BCUT2D eigenvalue weighted by Gasteiger charge is -2.44. The van der Waals surface area contributed by atoms with Crippen LogP contribution in [0.1, 0.15) is 33.7 Å². The van der Waals surface area contributed by atoms with Crippen LogP contribution in [0.4, 0.5) is 0 Å². The molecule has 0 N–H and O–H groups in total. The molecular formula is C45H33BOSSi. The predicted molar refractivity (Wildman–Crippen MR) is 209 cm³/mol. The average molecular weight is 661 g/mol. The summed E-state index contributed by atoms with van der Waals surface area (Å²) >= 11 is 1.92. The summed E-state index contributed by atoms with van der Waals surface area (Å²) in [5.41, 5.74) is 10.7. The van der Waals surface area contributed by atoms with Crippen LogP contribution in [0.15, 0.2) is 168 Å². The number of rotatable bonds is 3. The first kappa shape index (κ1) is 28.9. The van der Waals surface area contributed by atoms with Crippen LogP contribution < -0.4 is 41.9 Å². The third-order valence-corrected chi connectivity index (χ3v) is 17.1. The van der Waals surface area contributed by atoms with Crippen molar-refractivity contribution in [3.8, 4) is 11.5 Å². The van der Waals surface area contributed by atoms with E-state index in [1.807, 2.05) is 11.8 Å². The lowest BCUT2D eigenvalue weighted by atomic mass is 9.35. The van der Waals surface area contributed by atoms with Gasteiger partial charge in [0.05, 0.1) is 0 Å². The van der Waals surface area contributed by atoms with Crippen molar-refractivity contribution >= 4 is 63.7 Å². The van der Waals surface area contributed by atoms with Gasteiger partial charge in [-0.15, -0.1) is 0 Å². The second-order valence-corrected chi connectivity index (χ2v) is 18.5. The molecule has 1 nitrogen and oxygen atoms in total. The quantitative estimate of drug-likeness (QED) is 0.207. The van der Waals surface area contributed by atoms with Crippen LogP contribution in [0.2, 0.25) is 0 Å². The van der Waals surface area contributed by atoms with E-state index < -0.39 is 8.07 Å². The van der Waals surface area contributed by atoms with Crippen molar-refractivity contribution in [1.82, 2.24) is 0 Å². The molecule has 10 rings (SSSR count). The van der Waals surface area contributed by atoms with Gasteiger partial charge < -0.3 is 4.74 Å². The van der Waals surface area contributed by atoms with Crippen LogP contribution in [-0.2, 0) is 0 Å². The van der Waals surface area contributed by atoms with Gasteiger partial charge in [0, 0.05) is 15.7 Å². The van der Waals surface area contributed by atoms with Crippen LogP contribution in [-0.4, -0.2) is 14.8 Å². The molecule has 0 bridgehead atoms. The monoisotopic (exact) mass is 660 g/mol. The standard InChI is InChI=1S/C45H33BOSSi/c1-29-21-23-33-41(27-29)49(31-13-5-3-6-14-31,32-15-7-4-8-16-32)42-28-30(2)22-24-34(42)43(33)35-25-26-39-44-45(35)48-40-20-12-10-18-37(40)46(44)36-17-9-11-19-38(36)47-39/h3-28,43H,1-2H3. The summed E-state index contributed by atoms with van der Waals surface area (Å²) in [7, 11) is -2.71. The van der Waals surface area contributed by atoms with Gasteiger partial charge in [-0.2, -0.15) is 0 Å². The van der Waals surface area contributed by atoms with E-state index in [2.05, 4.69) is 172 Å². The average Bonchev–Trinajstić information content (AvgIpc) is 3.15. The van der Waals surface area contributed by atoms with Crippen LogP contribution in [0.25, 0.3) is 0 Å². The first-order valence-electron chi connectivity index (χ1n) is 17.2. The normalized spacial score (nSPS) is 14.9. The van der Waals surface area contributed by atoms with Gasteiger partial charge in [-0.1, -0.05) is 168 Å². The topological polar surface area (TPSA) is 9.23 Å². The summed E-state index contributed by atoms with van der Waals surface area (Å²) in [5, 5.41) is 5.85. The number of ether oxygens (including phenoxy) is 1. The predicted octanol–water partition coefficient (Wildman–Crippen LogP) is 6.26. The van der Waals surface area contributed by atoms with Gasteiger partial charge in [-0.25, -0.2) is 0 Å². The SMILES string of the molecule is Cc1ccc2c(c1)[Si](c1ccccc1)(c1ccccc1)c1cc(C)ccc1C2c1ccc2c3c1Sc1ccccc1B3c1ccccc1O2. The fraction of sp³-hybridized carbons (Fsp3) is 0.0667. The molecule has 3 aliphatic heterocycles. The number of para-hydroxylation sites is 1. The Labute approximate surface area is 293 Å². The lowest BCUT2D eigenvalue weighted by molar-refractivity contribution is 0.486. The van der Waals surface area contributed by atoms with Gasteiger partial charge >= 0.3 is 0 Å². The number of hydrogen-bond donors (Lipinski definition) is 0. The van der Waals surface area contributed by atoms with Gasteiger partial charge in [-0.05, 0) is 80.4 Å². The molecule has 4 heteroatoms. The molecule has 49 heavy (non-hydrogen) atoms. The summed E-state index contributed by atoms with van der Waals surface area (Å²) in [5.74, 6) is 2.02. The minimum Gasteiger partial charge on any atom is -0.458 e. The summed E-state index contributed by atoms with van der Waals surface area (Å²) < 4.78 is 6.69. The molecule has 7 aromatic rings. The van der Waals surface area contributed by atoms with E-state index in [9.17, 15) is 0 Å². The second kappa shape index (κ2) is 11.0. The Balaban J connectivity index is 1.30. The van der Waals surface area contributed by atoms with Crippen molar-refractivity contribution in [3.05, 3.63) is 186 Å². The molecule has 232 valence electrons. The van der Waals surface area contributed by atoms with Gasteiger partial charge in [0.15, 0.2) is 8.07 Å². The number of hydrogen-bond acceptors (Lipinski definition) is 2. The fourth-order valence-electron chi connectivity index (χ4n) is 8.94. The minimum atomic E-state index is -2.71. The molecule has 0 saturated carbocycles. The molecule has 0 radical (unpaired) electrons. The first-order valence-corrected chi connectivity index (χ1v) is 20.0. The zero-order valence-electron chi connectivity index (χ0n) is 27.5. The molecule has 0 aromatic heterocycles. The largest absolute Gasteiger partial charge is 0.458 e. The maximum Gasteiger partial charge on any atom is 0.253 e. The number of aryl methyl sites for hydroxylation is 2. The van der Waals surface area contributed by atoms with E-state index >= 15 is 0 Å². The number of benzene rings is 7. The maximum atomic E-state index is 6.69. The van der Waals surface area contributed by atoms with E-state index in [0.717, 1.165) is 11.5 Å². The third-order valence-electron chi connectivity index (χ3n) is 10.9. The van der Waals surface area contributed by atoms with E-state index in [1.165, 1.54) is 74.7 Å². The molecule has 0 saturated heterocycles. The molecule has 0 atom stereocenters. The molecule has 0 fully saturated rings. The molecule has 3 heterocycles.